The summed E-state index contributed by atoms with van der Waals surface area (Å²) in [6, 6.07) is 8.69. The summed E-state index contributed by atoms with van der Waals surface area (Å²) in [7, 11) is 0. The Morgan fingerprint density at radius 1 is 1.10 bits per heavy atom. The van der Waals surface area contributed by atoms with Crippen molar-refractivity contribution < 1.29 is 19.1 Å². The van der Waals surface area contributed by atoms with E-state index in [1.807, 2.05) is 0 Å². The van der Waals surface area contributed by atoms with Crippen molar-refractivity contribution >= 4 is 0 Å². The van der Waals surface area contributed by atoms with Gasteiger partial charge in [0.2, 0.25) is 5.82 Å². The van der Waals surface area contributed by atoms with Crippen molar-refractivity contribution in [1.82, 2.24) is 10.1 Å². The van der Waals surface area contributed by atoms with Gasteiger partial charge in [-0.2, -0.15) is 4.98 Å². The molecular formula is C15H11FN2O3. The van der Waals surface area contributed by atoms with Crippen LogP contribution in [0.1, 0.15) is 5.56 Å². The number of nitrogens with zero attached hydrogens (tertiary/aromatic N) is 2. The summed E-state index contributed by atoms with van der Waals surface area (Å²) >= 11 is 0. The highest BCUT2D eigenvalue weighted by Crippen LogP contribution is 2.36. The quantitative estimate of drug-likeness (QED) is 0.707. The fraction of sp³-hybridized carbons (Fsp3) is 0.0667. The van der Waals surface area contributed by atoms with E-state index in [4.69, 9.17) is 4.52 Å². The molecule has 2 aromatic carbocycles. The molecule has 5 nitrogen and oxygen atoms in total. The molecule has 0 atom stereocenters. The Morgan fingerprint density at radius 2 is 1.90 bits per heavy atom. The third kappa shape index (κ3) is 2.31. The van der Waals surface area contributed by atoms with E-state index in [0.717, 1.165) is 0 Å². The van der Waals surface area contributed by atoms with Gasteiger partial charge in [0, 0.05) is 5.56 Å². The lowest BCUT2D eigenvalue weighted by molar-refractivity contribution is 0.397. The molecule has 0 unspecified atom stereocenters. The van der Waals surface area contributed by atoms with Crippen molar-refractivity contribution in [2.45, 2.75) is 6.92 Å². The van der Waals surface area contributed by atoms with Crippen molar-refractivity contribution in [2.24, 2.45) is 0 Å². The van der Waals surface area contributed by atoms with Gasteiger partial charge in [-0.05, 0) is 42.8 Å². The lowest BCUT2D eigenvalue weighted by atomic mass is 10.1. The molecule has 0 bridgehead atoms. The van der Waals surface area contributed by atoms with E-state index in [9.17, 15) is 14.6 Å². The van der Waals surface area contributed by atoms with Crippen LogP contribution in [0.15, 0.2) is 40.9 Å². The number of rotatable bonds is 2. The third-order valence-corrected chi connectivity index (χ3v) is 3.10. The van der Waals surface area contributed by atoms with Gasteiger partial charge in [0.05, 0.1) is 5.56 Å². The number of aromatic hydroxyl groups is 2. The summed E-state index contributed by atoms with van der Waals surface area (Å²) in [5.74, 6) is -0.591. The second-order valence-corrected chi connectivity index (χ2v) is 4.56. The molecule has 0 fully saturated rings. The smallest absolute Gasteiger partial charge is 0.262 e. The van der Waals surface area contributed by atoms with Crippen LogP contribution in [0.2, 0.25) is 0 Å². The zero-order valence-electron chi connectivity index (χ0n) is 11.0. The zero-order valence-corrected chi connectivity index (χ0v) is 11.0. The fourth-order valence-corrected chi connectivity index (χ4v) is 2.02. The minimum Gasteiger partial charge on any atom is -0.504 e. The number of aryl methyl sites for hydroxylation is 1. The Hall–Kier alpha value is -2.89. The predicted octanol–water partition coefficient (Wildman–Crippen LogP) is 3.26. The summed E-state index contributed by atoms with van der Waals surface area (Å²) in [6.45, 7) is 1.74. The highest BCUT2D eigenvalue weighted by atomic mass is 19.1. The lowest BCUT2D eigenvalue weighted by Crippen LogP contribution is -1.87. The average Bonchev–Trinajstić information content (AvgIpc) is 2.91. The highest BCUT2D eigenvalue weighted by Gasteiger charge is 2.17. The Kier molecular flexibility index (Phi) is 3.06. The van der Waals surface area contributed by atoms with E-state index < -0.39 is 0 Å². The van der Waals surface area contributed by atoms with E-state index in [1.54, 1.807) is 25.1 Å². The van der Waals surface area contributed by atoms with Crippen LogP contribution in [0.25, 0.3) is 22.8 Å². The molecule has 3 aromatic rings. The number of benzene rings is 2. The van der Waals surface area contributed by atoms with Crippen molar-refractivity contribution in [2.75, 3.05) is 0 Å². The molecule has 0 aliphatic carbocycles. The normalized spacial score (nSPS) is 10.8. The minimum atomic E-state index is -0.342. The molecule has 106 valence electrons. The third-order valence-electron chi connectivity index (χ3n) is 3.10. The predicted molar refractivity (Wildman–Crippen MR) is 73.2 cm³/mol. The SMILES string of the molecule is Cc1cc(F)ccc1-c1noc(-c2cccc(O)c2O)n1. The summed E-state index contributed by atoms with van der Waals surface area (Å²) < 4.78 is 18.2. The van der Waals surface area contributed by atoms with E-state index in [0.29, 0.717) is 11.1 Å². The van der Waals surface area contributed by atoms with Gasteiger partial charge in [0.15, 0.2) is 11.5 Å². The molecule has 2 N–H and O–H groups in total. The zero-order chi connectivity index (χ0) is 15.0. The number of para-hydroxylation sites is 1. The van der Waals surface area contributed by atoms with Crippen molar-refractivity contribution in [3.05, 3.63) is 47.8 Å². The fourth-order valence-electron chi connectivity index (χ4n) is 2.02. The van der Waals surface area contributed by atoms with Crippen molar-refractivity contribution in [3.8, 4) is 34.3 Å². The average molecular weight is 286 g/mol. The monoisotopic (exact) mass is 286 g/mol. The van der Waals surface area contributed by atoms with E-state index in [1.165, 1.54) is 18.2 Å². The molecule has 0 radical (unpaired) electrons. The maximum absolute atomic E-state index is 13.1. The van der Waals surface area contributed by atoms with Crippen LogP contribution in [0.5, 0.6) is 11.5 Å². The van der Waals surface area contributed by atoms with Crippen LogP contribution >= 0.6 is 0 Å². The molecule has 6 heteroatoms. The molecule has 0 aliphatic rings. The first kappa shape index (κ1) is 13.1. The first-order chi connectivity index (χ1) is 10.1. The topological polar surface area (TPSA) is 79.4 Å². The standard InChI is InChI=1S/C15H11FN2O3/c1-8-7-9(16)5-6-10(8)14-17-15(21-18-14)11-3-2-4-12(19)13(11)20/h2-7,19-20H,1H3. The molecule has 3 rings (SSSR count). The molecular weight excluding hydrogens is 275 g/mol. The second-order valence-electron chi connectivity index (χ2n) is 4.56. The Balaban J connectivity index is 2.06. The van der Waals surface area contributed by atoms with Crippen LogP contribution in [-0.4, -0.2) is 20.4 Å². The molecule has 21 heavy (non-hydrogen) atoms. The van der Waals surface area contributed by atoms with Crippen LogP contribution in [-0.2, 0) is 0 Å². The maximum atomic E-state index is 13.1. The van der Waals surface area contributed by atoms with Crippen LogP contribution in [0, 0.1) is 12.7 Å². The number of hydrogen-bond donors (Lipinski definition) is 2. The number of halogens is 1. The maximum Gasteiger partial charge on any atom is 0.262 e. The summed E-state index contributed by atoms with van der Waals surface area (Å²) in [5.41, 5.74) is 1.53. The molecule has 0 spiro atoms. The van der Waals surface area contributed by atoms with Gasteiger partial charge in [0.1, 0.15) is 5.82 Å². The van der Waals surface area contributed by atoms with Gasteiger partial charge in [-0.15, -0.1) is 0 Å². The van der Waals surface area contributed by atoms with Gasteiger partial charge in [-0.25, -0.2) is 4.39 Å². The van der Waals surface area contributed by atoms with Gasteiger partial charge >= 0.3 is 0 Å². The Bertz CT molecular complexity index is 814. The van der Waals surface area contributed by atoms with Crippen molar-refractivity contribution in [1.29, 1.82) is 0 Å². The lowest BCUT2D eigenvalue weighted by Gasteiger charge is -2.01. The first-order valence-electron chi connectivity index (χ1n) is 6.18. The molecule has 0 amide bonds. The molecule has 0 saturated heterocycles. The van der Waals surface area contributed by atoms with Crippen molar-refractivity contribution in [3.63, 3.8) is 0 Å². The number of hydrogen-bond acceptors (Lipinski definition) is 5. The largest absolute Gasteiger partial charge is 0.504 e. The molecule has 0 saturated carbocycles. The number of aromatic nitrogens is 2. The van der Waals surface area contributed by atoms with E-state index >= 15 is 0 Å². The van der Waals surface area contributed by atoms with E-state index in [2.05, 4.69) is 10.1 Å². The molecule has 1 heterocycles. The summed E-state index contributed by atoms with van der Waals surface area (Å²) in [6.07, 6.45) is 0. The highest BCUT2D eigenvalue weighted by molar-refractivity contribution is 5.68. The van der Waals surface area contributed by atoms with Gasteiger partial charge < -0.3 is 14.7 Å². The number of phenolic OH excluding ortho intramolecular Hbond substituents is 2. The second kappa shape index (κ2) is 4.90. The van der Waals surface area contributed by atoms with Gasteiger partial charge in [-0.1, -0.05) is 11.2 Å². The van der Waals surface area contributed by atoms with Crippen LogP contribution in [0.4, 0.5) is 4.39 Å². The van der Waals surface area contributed by atoms with E-state index in [-0.39, 0.29) is 34.6 Å². The Labute approximate surface area is 119 Å². The summed E-state index contributed by atoms with van der Waals surface area (Å²) in [4.78, 5) is 4.17. The Morgan fingerprint density at radius 3 is 2.67 bits per heavy atom. The van der Waals surface area contributed by atoms with Gasteiger partial charge in [0.25, 0.3) is 5.89 Å². The van der Waals surface area contributed by atoms with Crippen LogP contribution in [0.3, 0.4) is 0 Å². The minimum absolute atomic E-state index is 0.0714. The number of phenols is 2. The molecule has 0 aliphatic heterocycles. The van der Waals surface area contributed by atoms with Gasteiger partial charge in [-0.3, -0.25) is 0 Å². The molecule has 1 aromatic heterocycles. The van der Waals surface area contributed by atoms with Crippen LogP contribution < -0.4 is 0 Å². The summed E-state index contributed by atoms with van der Waals surface area (Å²) in [5, 5.41) is 23.1. The first-order valence-corrected chi connectivity index (χ1v) is 6.18.